The maximum atomic E-state index is 12.4. The molecule has 28 heavy (non-hydrogen) atoms. The van der Waals surface area contributed by atoms with E-state index in [9.17, 15) is 4.79 Å². The van der Waals surface area contributed by atoms with Crippen molar-refractivity contribution in [2.24, 2.45) is 0 Å². The summed E-state index contributed by atoms with van der Waals surface area (Å²) in [5.74, 6) is 1.41. The van der Waals surface area contributed by atoms with Crippen molar-refractivity contribution in [3.05, 3.63) is 59.6 Å². The van der Waals surface area contributed by atoms with Crippen LogP contribution in [0, 0.1) is 0 Å². The van der Waals surface area contributed by atoms with Crippen LogP contribution in [0.4, 0.5) is 5.13 Å². The number of carbonyl (C=O) groups excluding carboxylic acids is 1. The van der Waals surface area contributed by atoms with E-state index in [4.69, 9.17) is 9.47 Å². The zero-order valence-corrected chi connectivity index (χ0v) is 15.7. The molecule has 1 aliphatic rings. The number of ether oxygens (including phenoxy) is 2. The Morgan fingerprint density at radius 3 is 3.04 bits per heavy atom. The van der Waals surface area contributed by atoms with E-state index >= 15 is 0 Å². The lowest BCUT2D eigenvalue weighted by molar-refractivity contribution is -0.116. The van der Waals surface area contributed by atoms with Crippen molar-refractivity contribution in [2.45, 2.75) is 12.8 Å². The van der Waals surface area contributed by atoms with Crippen LogP contribution in [0.1, 0.15) is 12.0 Å². The SMILES string of the molecule is O=C(CCc1c[nH]c2ccccc12)Nc1nc(-c2ccc3c(c2)OCO3)cs1. The molecule has 1 aliphatic heterocycles. The van der Waals surface area contributed by atoms with E-state index in [2.05, 4.69) is 21.4 Å². The van der Waals surface area contributed by atoms with Crippen LogP contribution in [-0.2, 0) is 11.2 Å². The number of aryl methyl sites for hydroxylation is 1. The molecule has 0 fully saturated rings. The Hall–Kier alpha value is -3.32. The minimum absolute atomic E-state index is 0.0446. The molecule has 4 aromatic rings. The summed E-state index contributed by atoms with van der Waals surface area (Å²) < 4.78 is 10.7. The molecular weight excluding hydrogens is 374 g/mol. The van der Waals surface area contributed by atoms with Crippen LogP contribution in [0.25, 0.3) is 22.2 Å². The number of H-pyrrole nitrogens is 1. The molecular formula is C21H17N3O3S. The summed E-state index contributed by atoms with van der Waals surface area (Å²) in [6.07, 6.45) is 3.05. The summed E-state index contributed by atoms with van der Waals surface area (Å²) in [5.41, 5.74) is 3.96. The Kier molecular flexibility index (Phi) is 4.21. The lowest BCUT2D eigenvalue weighted by Crippen LogP contribution is -2.12. The summed E-state index contributed by atoms with van der Waals surface area (Å²) in [5, 5.41) is 6.58. The van der Waals surface area contributed by atoms with Gasteiger partial charge >= 0.3 is 0 Å². The van der Waals surface area contributed by atoms with Crippen molar-refractivity contribution in [3.63, 3.8) is 0 Å². The summed E-state index contributed by atoms with van der Waals surface area (Å²) in [7, 11) is 0. The average Bonchev–Trinajstić information content (AvgIpc) is 3.45. The largest absolute Gasteiger partial charge is 0.454 e. The molecule has 0 aliphatic carbocycles. The number of hydrogen-bond acceptors (Lipinski definition) is 5. The van der Waals surface area contributed by atoms with E-state index in [0.717, 1.165) is 39.2 Å². The van der Waals surface area contributed by atoms with Crippen molar-refractivity contribution in [1.29, 1.82) is 0 Å². The predicted octanol–water partition coefficient (Wildman–Crippen LogP) is 4.59. The van der Waals surface area contributed by atoms with Crippen LogP contribution in [0.3, 0.4) is 0 Å². The lowest BCUT2D eigenvalue weighted by atomic mass is 10.1. The number of aromatic amines is 1. The van der Waals surface area contributed by atoms with Gasteiger partial charge in [-0.05, 0) is 36.2 Å². The van der Waals surface area contributed by atoms with Gasteiger partial charge in [0.1, 0.15) is 0 Å². The molecule has 2 N–H and O–H groups in total. The molecule has 140 valence electrons. The molecule has 0 atom stereocenters. The normalized spacial score (nSPS) is 12.4. The first-order valence-corrected chi connectivity index (χ1v) is 9.84. The number of fused-ring (bicyclic) bond motifs is 2. The van der Waals surface area contributed by atoms with Crippen LogP contribution in [0.15, 0.2) is 54.0 Å². The van der Waals surface area contributed by atoms with Gasteiger partial charge in [-0.15, -0.1) is 11.3 Å². The predicted molar refractivity (Wildman–Crippen MR) is 109 cm³/mol. The topological polar surface area (TPSA) is 76.2 Å². The van der Waals surface area contributed by atoms with Crippen LogP contribution in [0.2, 0.25) is 0 Å². The molecule has 1 amide bonds. The summed E-state index contributed by atoms with van der Waals surface area (Å²) in [6, 6.07) is 13.8. The molecule has 0 unspecified atom stereocenters. The van der Waals surface area contributed by atoms with Gasteiger partial charge in [-0.3, -0.25) is 4.79 Å². The Labute approximate surface area is 165 Å². The Morgan fingerprint density at radius 1 is 1.18 bits per heavy atom. The van der Waals surface area contributed by atoms with Gasteiger partial charge in [0.15, 0.2) is 16.6 Å². The van der Waals surface area contributed by atoms with Gasteiger partial charge in [-0.1, -0.05) is 18.2 Å². The molecule has 2 aromatic carbocycles. The van der Waals surface area contributed by atoms with Crippen LogP contribution in [0.5, 0.6) is 11.5 Å². The van der Waals surface area contributed by atoms with Gasteiger partial charge in [-0.25, -0.2) is 4.98 Å². The first-order valence-electron chi connectivity index (χ1n) is 8.97. The second-order valence-corrected chi connectivity index (χ2v) is 7.37. The number of anilines is 1. The van der Waals surface area contributed by atoms with Gasteiger partial charge in [0.2, 0.25) is 12.7 Å². The second kappa shape index (κ2) is 7.01. The Morgan fingerprint density at radius 2 is 2.07 bits per heavy atom. The summed E-state index contributed by atoms with van der Waals surface area (Å²) in [6.45, 7) is 0.244. The Bertz CT molecular complexity index is 1160. The quantitative estimate of drug-likeness (QED) is 0.522. The summed E-state index contributed by atoms with van der Waals surface area (Å²) >= 11 is 1.41. The van der Waals surface area contributed by atoms with Crippen LogP contribution >= 0.6 is 11.3 Å². The molecule has 0 bridgehead atoms. The maximum absolute atomic E-state index is 12.4. The first-order chi connectivity index (χ1) is 13.8. The standard InChI is InChI=1S/C21H17N3O3S/c25-20(8-6-14-10-22-16-4-2-1-3-15(14)16)24-21-23-17(11-28-21)13-5-7-18-19(9-13)27-12-26-18/h1-5,7,9-11,22H,6,8,12H2,(H,23,24,25). The molecule has 0 radical (unpaired) electrons. The summed E-state index contributed by atoms with van der Waals surface area (Å²) in [4.78, 5) is 20.1. The monoisotopic (exact) mass is 391 g/mol. The van der Waals surface area contributed by atoms with Crippen LogP contribution in [-0.4, -0.2) is 22.7 Å². The lowest BCUT2D eigenvalue weighted by Gasteiger charge is -2.02. The number of amides is 1. The van der Waals surface area contributed by atoms with Gasteiger partial charge in [-0.2, -0.15) is 0 Å². The van der Waals surface area contributed by atoms with E-state index in [1.165, 1.54) is 11.3 Å². The minimum atomic E-state index is -0.0446. The molecule has 2 aromatic heterocycles. The molecule has 0 spiro atoms. The fourth-order valence-corrected chi connectivity index (χ4v) is 4.02. The number of rotatable bonds is 5. The minimum Gasteiger partial charge on any atom is -0.454 e. The van der Waals surface area contributed by atoms with Gasteiger partial charge < -0.3 is 19.8 Å². The molecule has 0 saturated heterocycles. The van der Waals surface area contributed by atoms with E-state index in [0.29, 0.717) is 18.0 Å². The van der Waals surface area contributed by atoms with Crippen molar-refractivity contribution in [1.82, 2.24) is 9.97 Å². The molecule has 6 nitrogen and oxygen atoms in total. The zero-order valence-electron chi connectivity index (χ0n) is 14.9. The third-order valence-electron chi connectivity index (χ3n) is 4.72. The highest BCUT2D eigenvalue weighted by Gasteiger charge is 2.15. The number of nitrogens with zero attached hydrogens (tertiary/aromatic N) is 1. The van der Waals surface area contributed by atoms with E-state index < -0.39 is 0 Å². The van der Waals surface area contributed by atoms with Crippen LogP contribution < -0.4 is 14.8 Å². The fourth-order valence-electron chi connectivity index (χ4n) is 3.29. The van der Waals surface area contributed by atoms with Crippen molar-refractivity contribution in [3.8, 4) is 22.8 Å². The van der Waals surface area contributed by atoms with Crippen molar-refractivity contribution < 1.29 is 14.3 Å². The smallest absolute Gasteiger partial charge is 0.231 e. The average molecular weight is 391 g/mol. The third-order valence-corrected chi connectivity index (χ3v) is 5.47. The number of aromatic nitrogens is 2. The highest BCUT2D eigenvalue weighted by Crippen LogP contribution is 2.36. The highest BCUT2D eigenvalue weighted by molar-refractivity contribution is 7.14. The first kappa shape index (κ1) is 16.8. The zero-order chi connectivity index (χ0) is 18.9. The van der Waals surface area contributed by atoms with Gasteiger partial charge in [0, 0.05) is 34.5 Å². The van der Waals surface area contributed by atoms with Crippen molar-refractivity contribution in [2.75, 3.05) is 12.1 Å². The molecule has 5 rings (SSSR count). The molecule has 0 saturated carbocycles. The van der Waals surface area contributed by atoms with E-state index in [-0.39, 0.29) is 12.7 Å². The van der Waals surface area contributed by atoms with E-state index in [1.54, 1.807) is 0 Å². The number of carbonyl (C=O) groups is 1. The van der Waals surface area contributed by atoms with E-state index in [1.807, 2.05) is 48.0 Å². The van der Waals surface area contributed by atoms with Crippen molar-refractivity contribution >= 4 is 33.3 Å². The Balaban J connectivity index is 1.23. The molecule has 3 heterocycles. The number of hydrogen-bond donors (Lipinski definition) is 2. The second-order valence-electron chi connectivity index (χ2n) is 6.51. The highest BCUT2D eigenvalue weighted by atomic mass is 32.1. The molecule has 7 heteroatoms. The maximum Gasteiger partial charge on any atom is 0.231 e. The third kappa shape index (κ3) is 3.20. The number of para-hydroxylation sites is 1. The van der Waals surface area contributed by atoms with Gasteiger partial charge in [0.05, 0.1) is 5.69 Å². The number of nitrogens with one attached hydrogen (secondary N) is 2. The van der Waals surface area contributed by atoms with Gasteiger partial charge in [0.25, 0.3) is 0 Å². The number of thiazole rings is 1. The number of benzene rings is 2. The fraction of sp³-hybridized carbons (Fsp3) is 0.143.